The lowest BCUT2D eigenvalue weighted by molar-refractivity contribution is 0.199. The van der Waals surface area contributed by atoms with Crippen LogP contribution in [0, 0.1) is 0 Å². The molecule has 0 unspecified atom stereocenters. The van der Waals surface area contributed by atoms with Crippen molar-refractivity contribution in [3.8, 4) is 11.5 Å². The molecular weight excluding hydrogens is 334 g/mol. The van der Waals surface area contributed by atoms with Gasteiger partial charge in [0.2, 0.25) is 0 Å². The Labute approximate surface area is 148 Å². The molecule has 0 saturated carbocycles. The summed E-state index contributed by atoms with van der Waals surface area (Å²) in [4.78, 5) is 1.20. The molecule has 1 heterocycles. The second kappa shape index (κ2) is 11.3. The van der Waals surface area contributed by atoms with Crippen molar-refractivity contribution in [2.24, 2.45) is 0 Å². The summed E-state index contributed by atoms with van der Waals surface area (Å²) in [6.45, 7) is 5.50. The van der Waals surface area contributed by atoms with Gasteiger partial charge in [-0.25, -0.2) is 0 Å². The fourth-order valence-electron chi connectivity index (χ4n) is 2.00. The minimum Gasteiger partial charge on any atom is -0.490 e. The van der Waals surface area contributed by atoms with Gasteiger partial charge < -0.3 is 19.5 Å². The van der Waals surface area contributed by atoms with Gasteiger partial charge in [-0.15, -0.1) is 23.7 Å². The smallest absolute Gasteiger partial charge is 0.161 e. The normalized spacial score (nSPS) is 10.2. The Bertz CT molecular complexity index is 549. The minimum absolute atomic E-state index is 0. The van der Waals surface area contributed by atoms with E-state index in [4.69, 9.17) is 14.2 Å². The summed E-state index contributed by atoms with van der Waals surface area (Å²) in [7, 11) is 1.70. The van der Waals surface area contributed by atoms with Gasteiger partial charge in [0.15, 0.2) is 11.5 Å². The number of benzene rings is 1. The van der Waals surface area contributed by atoms with Crippen molar-refractivity contribution in [1.82, 2.24) is 5.32 Å². The predicted octanol–water partition coefficient (Wildman–Crippen LogP) is 3.88. The number of methoxy groups -OCH3 is 1. The highest BCUT2D eigenvalue weighted by atomic mass is 35.5. The first kappa shape index (κ1) is 19.8. The fourth-order valence-corrected chi connectivity index (χ4v) is 2.62. The van der Waals surface area contributed by atoms with Crippen molar-refractivity contribution in [3.05, 3.63) is 46.2 Å². The lowest BCUT2D eigenvalue weighted by atomic mass is 10.2. The molecule has 0 aliphatic carbocycles. The molecule has 0 saturated heterocycles. The van der Waals surface area contributed by atoms with E-state index in [0.717, 1.165) is 24.6 Å². The second-order valence-electron chi connectivity index (χ2n) is 4.75. The Morgan fingerprint density at radius 1 is 1.13 bits per heavy atom. The molecule has 6 heteroatoms. The van der Waals surface area contributed by atoms with Crippen LogP contribution in [0.1, 0.15) is 17.4 Å². The maximum Gasteiger partial charge on any atom is 0.161 e. The molecule has 2 rings (SSSR count). The lowest BCUT2D eigenvalue weighted by Gasteiger charge is -2.13. The van der Waals surface area contributed by atoms with Crippen LogP contribution in [0.3, 0.4) is 0 Å². The lowest BCUT2D eigenvalue weighted by Crippen LogP contribution is -2.18. The van der Waals surface area contributed by atoms with Crippen LogP contribution in [-0.4, -0.2) is 26.9 Å². The van der Waals surface area contributed by atoms with Crippen molar-refractivity contribution in [2.45, 2.75) is 20.1 Å². The number of hydrogen-bond donors (Lipinski definition) is 1. The summed E-state index contributed by atoms with van der Waals surface area (Å²) in [5, 5.41) is 5.38. The molecule has 1 aromatic carbocycles. The zero-order valence-corrected chi connectivity index (χ0v) is 15.2. The number of ether oxygens (including phenoxy) is 3. The Balaban J connectivity index is 0.00000264. The highest BCUT2D eigenvalue weighted by Crippen LogP contribution is 2.29. The van der Waals surface area contributed by atoms with E-state index in [0.29, 0.717) is 19.8 Å². The fraction of sp³-hybridized carbons (Fsp3) is 0.412. The van der Waals surface area contributed by atoms with E-state index >= 15 is 0 Å². The van der Waals surface area contributed by atoms with Gasteiger partial charge in [0.25, 0.3) is 0 Å². The third kappa shape index (κ3) is 6.79. The van der Waals surface area contributed by atoms with Gasteiger partial charge in [0, 0.05) is 25.1 Å². The van der Waals surface area contributed by atoms with Gasteiger partial charge in [-0.2, -0.15) is 0 Å². The summed E-state index contributed by atoms with van der Waals surface area (Å²) in [6.07, 6.45) is 0. The zero-order valence-electron chi connectivity index (χ0n) is 13.5. The number of halogens is 1. The highest BCUT2D eigenvalue weighted by molar-refractivity contribution is 7.09. The van der Waals surface area contributed by atoms with Crippen LogP contribution in [-0.2, 0) is 17.9 Å². The van der Waals surface area contributed by atoms with Crippen molar-refractivity contribution in [1.29, 1.82) is 0 Å². The molecular formula is C17H24ClNO3S. The van der Waals surface area contributed by atoms with Crippen LogP contribution in [0.25, 0.3) is 0 Å². The molecule has 128 valence electrons. The number of rotatable bonds is 10. The number of nitrogens with one attached hydrogen (secondary N) is 1. The van der Waals surface area contributed by atoms with Crippen LogP contribution in [0.5, 0.6) is 11.5 Å². The van der Waals surface area contributed by atoms with E-state index in [2.05, 4.69) is 22.8 Å². The molecule has 0 spiro atoms. The minimum atomic E-state index is 0. The Hall–Kier alpha value is -1.27. The quantitative estimate of drug-likeness (QED) is 0.655. The molecule has 0 amide bonds. The first-order valence-electron chi connectivity index (χ1n) is 7.44. The van der Waals surface area contributed by atoms with Gasteiger partial charge in [-0.1, -0.05) is 12.1 Å². The SMILES string of the molecule is CCOc1cc(CNCCOC)ccc1OCc1cccs1.Cl. The van der Waals surface area contributed by atoms with Crippen LogP contribution in [0.2, 0.25) is 0 Å². The number of thiophene rings is 1. The standard InChI is InChI=1S/C17H23NO3S.ClH/c1-3-20-17-11-14(12-18-8-9-19-2)6-7-16(17)21-13-15-5-4-10-22-15;/h4-7,10-11,18H,3,8-9,12-13H2,1-2H3;1H. The molecule has 2 aromatic rings. The van der Waals surface area contributed by atoms with Crippen molar-refractivity contribution in [2.75, 3.05) is 26.9 Å². The molecule has 1 aromatic heterocycles. The second-order valence-corrected chi connectivity index (χ2v) is 5.78. The van der Waals surface area contributed by atoms with Gasteiger partial charge in [0.1, 0.15) is 6.61 Å². The van der Waals surface area contributed by atoms with Crippen LogP contribution in [0.15, 0.2) is 35.7 Å². The molecule has 0 fully saturated rings. The average molecular weight is 358 g/mol. The monoisotopic (exact) mass is 357 g/mol. The molecule has 0 bridgehead atoms. The maximum atomic E-state index is 5.88. The topological polar surface area (TPSA) is 39.7 Å². The van der Waals surface area contributed by atoms with Crippen LogP contribution in [0.4, 0.5) is 0 Å². The van der Waals surface area contributed by atoms with Gasteiger partial charge in [-0.05, 0) is 36.1 Å². The van der Waals surface area contributed by atoms with Gasteiger partial charge >= 0.3 is 0 Å². The summed E-state index contributed by atoms with van der Waals surface area (Å²) in [5.41, 5.74) is 1.17. The molecule has 0 atom stereocenters. The summed E-state index contributed by atoms with van der Waals surface area (Å²) >= 11 is 1.69. The van der Waals surface area contributed by atoms with E-state index in [1.165, 1.54) is 10.4 Å². The van der Waals surface area contributed by atoms with E-state index < -0.39 is 0 Å². The van der Waals surface area contributed by atoms with E-state index in [1.54, 1.807) is 18.4 Å². The first-order chi connectivity index (χ1) is 10.8. The van der Waals surface area contributed by atoms with Crippen molar-refractivity contribution in [3.63, 3.8) is 0 Å². The summed E-state index contributed by atoms with van der Waals surface area (Å²) in [6, 6.07) is 10.2. The maximum absolute atomic E-state index is 5.88. The predicted molar refractivity (Wildman–Crippen MR) is 97.1 cm³/mol. The van der Waals surface area contributed by atoms with Gasteiger partial charge in [-0.3, -0.25) is 0 Å². The van der Waals surface area contributed by atoms with Gasteiger partial charge in [0.05, 0.1) is 13.2 Å². The summed E-state index contributed by atoms with van der Waals surface area (Å²) in [5.74, 6) is 1.58. The highest BCUT2D eigenvalue weighted by Gasteiger charge is 2.07. The first-order valence-corrected chi connectivity index (χ1v) is 8.32. The zero-order chi connectivity index (χ0) is 15.6. The Morgan fingerprint density at radius 3 is 2.70 bits per heavy atom. The third-order valence-corrected chi connectivity index (χ3v) is 3.92. The molecule has 0 radical (unpaired) electrons. The third-order valence-electron chi connectivity index (χ3n) is 3.07. The molecule has 1 N–H and O–H groups in total. The van der Waals surface area contributed by atoms with E-state index in [9.17, 15) is 0 Å². The molecule has 0 aliphatic rings. The Morgan fingerprint density at radius 2 is 2.00 bits per heavy atom. The van der Waals surface area contributed by atoms with Crippen molar-refractivity contribution < 1.29 is 14.2 Å². The number of hydrogen-bond acceptors (Lipinski definition) is 5. The van der Waals surface area contributed by atoms with Crippen molar-refractivity contribution >= 4 is 23.7 Å². The molecule has 4 nitrogen and oxygen atoms in total. The average Bonchev–Trinajstić information content (AvgIpc) is 3.04. The van der Waals surface area contributed by atoms with E-state index in [-0.39, 0.29) is 12.4 Å². The Kier molecular flexibility index (Phi) is 9.71. The molecule has 0 aliphatic heterocycles. The molecule has 23 heavy (non-hydrogen) atoms. The largest absolute Gasteiger partial charge is 0.490 e. The summed E-state index contributed by atoms with van der Waals surface area (Å²) < 4.78 is 16.6. The van der Waals surface area contributed by atoms with Crippen LogP contribution < -0.4 is 14.8 Å². The van der Waals surface area contributed by atoms with Crippen LogP contribution >= 0.6 is 23.7 Å². The van der Waals surface area contributed by atoms with E-state index in [1.807, 2.05) is 25.1 Å².